The number of aromatic nitrogens is 4. The van der Waals surface area contributed by atoms with Gasteiger partial charge in [-0.05, 0) is 126 Å². The first-order valence-electron chi connectivity index (χ1n) is 19.6. The van der Waals surface area contributed by atoms with Crippen LogP contribution in [0.3, 0.4) is 0 Å². The molecule has 1 aliphatic rings. The van der Waals surface area contributed by atoms with E-state index in [2.05, 4.69) is 9.80 Å². The van der Waals surface area contributed by atoms with Gasteiger partial charge in [-0.2, -0.15) is 13.2 Å². The molecule has 4 aromatic carbocycles. The number of primary amides is 1. The summed E-state index contributed by atoms with van der Waals surface area (Å²) in [6.45, 7) is 6.85. The number of carbonyl (C=O) groups is 2. The Kier molecular flexibility index (Phi) is 12.2. The summed E-state index contributed by atoms with van der Waals surface area (Å²) in [7, 11) is 5.88. The van der Waals surface area contributed by atoms with E-state index in [9.17, 15) is 18.0 Å². The van der Waals surface area contributed by atoms with Crippen LogP contribution in [-0.4, -0.2) is 89.8 Å². The highest BCUT2D eigenvalue weighted by atomic mass is 35.5. The number of anilines is 4. The summed E-state index contributed by atoms with van der Waals surface area (Å²) in [5, 5.41) is 1.62. The zero-order chi connectivity index (χ0) is 43.6. The Hall–Kier alpha value is -6.26. The lowest BCUT2D eigenvalue weighted by atomic mass is 10.1. The molecule has 6 aromatic rings. The molecule has 13 nitrogen and oxygen atoms in total. The number of aryl methyl sites for hydroxylation is 2. The van der Waals surface area contributed by atoms with Crippen molar-refractivity contribution in [2.24, 2.45) is 5.73 Å². The number of ether oxygens (including phenoxy) is 2. The summed E-state index contributed by atoms with van der Waals surface area (Å²) in [6.07, 6.45) is -3.43. The van der Waals surface area contributed by atoms with Gasteiger partial charge < -0.3 is 29.9 Å². The zero-order valence-electron chi connectivity index (χ0n) is 34.3. The second-order valence-electron chi connectivity index (χ2n) is 15.3. The molecule has 1 fully saturated rings. The molecule has 318 valence electrons. The van der Waals surface area contributed by atoms with Gasteiger partial charge in [0.2, 0.25) is 17.8 Å². The van der Waals surface area contributed by atoms with Crippen LogP contribution in [0.5, 0.6) is 11.5 Å². The number of likely N-dealkylation sites (N-methyl/N-ethyl adjacent to an activating group) is 2. The second kappa shape index (κ2) is 17.4. The summed E-state index contributed by atoms with van der Waals surface area (Å²) in [4.78, 5) is 55.5. The summed E-state index contributed by atoms with van der Waals surface area (Å²) in [6, 6.07) is 20.0. The average Bonchev–Trinajstić information content (AvgIpc) is 3.76. The minimum Gasteiger partial charge on any atom is -0.444 e. The molecule has 0 saturated carbocycles. The van der Waals surface area contributed by atoms with E-state index < -0.39 is 35.8 Å². The van der Waals surface area contributed by atoms with Gasteiger partial charge in [0.1, 0.15) is 17.9 Å². The van der Waals surface area contributed by atoms with Gasteiger partial charge in [0.15, 0.2) is 0 Å². The Morgan fingerprint density at radius 3 is 1.84 bits per heavy atom. The van der Waals surface area contributed by atoms with Crippen molar-refractivity contribution in [2.45, 2.75) is 45.1 Å². The molecule has 0 spiro atoms. The average molecular weight is 856 g/mol. The fraction of sp³-hybridized carbons (Fsp3) is 0.318. The third-order valence-corrected chi connectivity index (χ3v) is 10.6. The van der Waals surface area contributed by atoms with E-state index in [1.54, 1.807) is 36.4 Å². The molecule has 1 saturated heterocycles. The molecule has 1 unspecified atom stereocenters. The first kappa shape index (κ1) is 42.8. The highest BCUT2D eigenvalue weighted by molar-refractivity contribution is 6.30. The quantitative estimate of drug-likeness (QED) is 0.107. The fourth-order valence-electron chi connectivity index (χ4n) is 7.10. The van der Waals surface area contributed by atoms with Crippen molar-refractivity contribution >= 4 is 68.5 Å². The van der Waals surface area contributed by atoms with Crippen LogP contribution in [0.2, 0.25) is 5.02 Å². The van der Waals surface area contributed by atoms with E-state index in [-0.39, 0.29) is 11.5 Å². The molecule has 0 bridgehead atoms. The molecule has 0 radical (unpaired) electrons. The number of nitrogens with two attached hydrogens (primary N) is 1. The number of hydrogen-bond acceptors (Lipinski definition) is 11. The lowest BCUT2D eigenvalue weighted by Crippen LogP contribution is -2.57. The number of hydrogen-bond donors (Lipinski definition) is 1. The van der Waals surface area contributed by atoms with Crippen molar-refractivity contribution in [1.29, 1.82) is 0 Å². The van der Waals surface area contributed by atoms with Gasteiger partial charge in [0.05, 0.1) is 28.0 Å². The maximum atomic E-state index is 15.7. The van der Waals surface area contributed by atoms with Crippen molar-refractivity contribution in [1.82, 2.24) is 24.8 Å². The Morgan fingerprint density at radius 1 is 0.754 bits per heavy atom. The van der Waals surface area contributed by atoms with Gasteiger partial charge >= 0.3 is 17.9 Å². The third-order valence-electron chi connectivity index (χ3n) is 10.3. The number of halogens is 4. The molecule has 2 aromatic heterocycles. The van der Waals surface area contributed by atoms with Gasteiger partial charge in [0.25, 0.3) is 0 Å². The molecule has 3 heterocycles. The lowest BCUT2D eigenvalue weighted by molar-refractivity contribution is -0.168. The minimum absolute atomic E-state index is 0.0525. The Bertz CT molecular complexity index is 2570. The summed E-state index contributed by atoms with van der Waals surface area (Å²) >= 11 is 6.19. The van der Waals surface area contributed by atoms with Crippen molar-refractivity contribution in [3.05, 3.63) is 107 Å². The van der Waals surface area contributed by atoms with Gasteiger partial charge in [-0.3, -0.25) is 14.5 Å². The SMILES string of the molecule is Cc1nc(N(C)CCN(C)C)nc2ccc(N(C(=O)C(CC(N)=O)(Oc3ccc(Cl)cc3)Oc3ccc(C(F)(F)F)cc3)c3ccc4nc(N5CCCC5)nc(C)c4c3)cc12. The molecule has 2 amide bonds. The largest absolute Gasteiger partial charge is 0.444 e. The monoisotopic (exact) mass is 855 g/mol. The van der Waals surface area contributed by atoms with Gasteiger partial charge in [-0.25, -0.2) is 19.9 Å². The van der Waals surface area contributed by atoms with Crippen LogP contribution >= 0.6 is 11.6 Å². The molecule has 17 heteroatoms. The molecular weight excluding hydrogens is 811 g/mol. The first-order valence-corrected chi connectivity index (χ1v) is 20.0. The van der Waals surface area contributed by atoms with E-state index >= 15 is 4.79 Å². The Balaban J connectivity index is 1.41. The van der Waals surface area contributed by atoms with E-state index in [0.29, 0.717) is 68.0 Å². The van der Waals surface area contributed by atoms with Crippen LogP contribution in [-0.2, 0) is 15.8 Å². The van der Waals surface area contributed by atoms with Gasteiger partial charge in [0, 0.05) is 60.4 Å². The fourth-order valence-corrected chi connectivity index (χ4v) is 7.23. The number of benzene rings is 4. The van der Waals surface area contributed by atoms with Gasteiger partial charge in [-0.15, -0.1) is 0 Å². The molecule has 7 rings (SSSR count). The number of alkyl halides is 3. The number of amides is 2. The summed E-state index contributed by atoms with van der Waals surface area (Å²) in [5.41, 5.74) is 8.05. The van der Waals surface area contributed by atoms with E-state index in [0.717, 1.165) is 56.7 Å². The zero-order valence-corrected chi connectivity index (χ0v) is 35.1. The molecule has 1 aliphatic heterocycles. The van der Waals surface area contributed by atoms with Crippen molar-refractivity contribution in [3.8, 4) is 11.5 Å². The van der Waals surface area contributed by atoms with Crippen LogP contribution in [0, 0.1) is 13.8 Å². The van der Waals surface area contributed by atoms with Crippen molar-refractivity contribution < 1.29 is 32.2 Å². The predicted octanol–water partition coefficient (Wildman–Crippen LogP) is 7.85. The molecular formula is C44H45ClF3N9O4. The standard InChI is InChI=1S/C44H45ClF3N9O4/c1-27-35-24-31(12-18-37(35)52-41(50-27)55(5)23-22-54(3)4)57(32-13-19-38-36(25-32)28(2)51-42(53-38)56-20-6-7-21-56)40(59)43(26-39(49)58,61-34-16-10-30(45)11-17-34)60-33-14-8-29(9-15-33)44(46,47)48/h8-19,24-25H,6-7,20-23,26H2,1-5H3,(H2,49,58). The van der Waals surface area contributed by atoms with Crippen LogP contribution in [0.1, 0.15) is 36.2 Å². The van der Waals surface area contributed by atoms with Crippen molar-refractivity contribution in [2.75, 3.05) is 62.0 Å². The number of rotatable bonds is 14. The first-order chi connectivity index (χ1) is 29.0. The third kappa shape index (κ3) is 9.55. The predicted molar refractivity (Wildman–Crippen MR) is 230 cm³/mol. The van der Waals surface area contributed by atoms with E-state index in [1.807, 2.05) is 39.9 Å². The highest BCUT2D eigenvalue weighted by Crippen LogP contribution is 2.39. The van der Waals surface area contributed by atoms with Crippen molar-refractivity contribution in [3.63, 3.8) is 0 Å². The summed E-state index contributed by atoms with van der Waals surface area (Å²) in [5.74, 6) is -3.56. The Labute approximate surface area is 355 Å². The van der Waals surface area contributed by atoms with E-state index in [4.69, 9.17) is 46.7 Å². The minimum atomic E-state index is -4.65. The smallest absolute Gasteiger partial charge is 0.416 e. The van der Waals surface area contributed by atoms with Crippen LogP contribution in [0.15, 0.2) is 84.9 Å². The number of fused-ring (bicyclic) bond motifs is 2. The molecule has 0 aliphatic carbocycles. The number of carbonyl (C=O) groups excluding carboxylic acids is 2. The molecule has 1 atom stereocenters. The van der Waals surface area contributed by atoms with Crippen LogP contribution in [0.25, 0.3) is 21.8 Å². The maximum absolute atomic E-state index is 15.7. The van der Waals surface area contributed by atoms with Crippen LogP contribution < -0.4 is 29.9 Å². The topological polar surface area (TPSA) is 143 Å². The van der Waals surface area contributed by atoms with Crippen LogP contribution in [0.4, 0.5) is 36.4 Å². The molecule has 2 N–H and O–H groups in total. The normalized spacial score (nSPS) is 14.0. The summed E-state index contributed by atoms with van der Waals surface area (Å²) < 4.78 is 53.6. The molecule has 61 heavy (non-hydrogen) atoms. The highest BCUT2D eigenvalue weighted by Gasteiger charge is 2.50. The Morgan fingerprint density at radius 2 is 1.30 bits per heavy atom. The van der Waals surface area contributed by atoms with E-state index in [1.165, 1.54) is 29.2 Å². The second-order valence-corrected chi connectivity index (χ2v) is 15.7. The lowest BCUT2D eigenvalue weighted by Gasteiger charge is -2.37. The van der Waals surface area contributed by atoms with Gasteiger partial charge in [-0.1, -0.05) is 11.6 Å². The maximum Gasteiger partial charge on any atom is 0.416 e. The number of nitrogens with zero attached hydrogens (tertiary/aromatic N) is 8.